The molecule has 0 rings (SSSR count). The van der Waals surface area contributed by atoms with Crippen molar-refractivity contribution in [2.24, 2.45) is 0 Å². The van der Waals surface area contributed by atoms with Crippen LogP contribution in [0.5, 0.6) is 0 Å². The molecule has 0 saturated heterocycles. The van der Waals surface area contributed by atoms with Crippen LogP contribution >= 0.6 is 15.9 Å². The summed E-state index contributed by atoms with van der Waals surface area (Å²) in [6, 6.07) is 0. The third-order valence-electron chi connectivity index (χ3n) is 0.688. The monoisotopic (exact) mass is 187 g/mol. The van der Waals surface area contributed by atoms with Gasteiger partial charge in [-0.15, -0.1) is 0 Å². The van der Waals surface area contributed by atoms with Crippen LogP contribution in [-0.4, -0.2) is 0 Å². The van der Waals surface area contributed by atoms with Crippen LogP contribution in [0.25, 0.3) is 0 Å². The maximum atomic E-state index is 9.72. The Bertz CT molecular complexity index is 125. The molecule has 0 bridgehead atoms. The fourth-order valence-electron chi connectivity index (χ4n) is 0.333. The summed E-state index contributed by atoms with van der Waals surface area (Å²) >= 11 is 3.11. The van der Waals surface area contributed by atoms with E-state index in [2.05, 4.69) is 15.9 Å². The minimum atomic E-state index is 0.709. The average molecular weight is 188 g/mol. The molecule has 0 aromatic carbocycles. The molecule has 0 aromatic heterocycles. The first-order valence-corrected chi connectivity index (χ1v) is 3.52. The summed E-state index contributed by atoms with van der Waals surface area (Å²) in [4.78, 5) is 1.75. The number of hydrogen-bond donors (Lipinski definition) is 0. The van der Waals surface area contributed by atoms with Crippen molar-refractivity contribution < 1.29 is 5.11 Å². The molecule has 49 valence electrons. The standard InChI is InChI=1S/C7H8BrO/c8-6-4-2-1-3-5-7-9/h1-2,4-7H,3H2/b2-1-,6-4+,7-5?. The van der Waals surface area contributed by atoms with Gasteiger partial charge >= 0.3 is 0 Å². The Kier molecular flexibility index (Phi) is 7.08. The van der Waals surface area contributed by atoms with E-state index < -0.39 is 0 Å². The minimum Gasteiger partial charge on any atom is -0.299 e. The van der Waals surface area contributed by atoms with Crippen LogP contribution in [0.4, 0.5) is 0 Å². The van der Waals surface area contributed by atoms with Gasteiger partial charge in [0.25, 0.3) is 0 Å². The molecule has 0 N–H and O–H groups in total. The lowest BCUT2D eigenvalue weighted by Crippen LogP contribution is -1.54. The molecule has 0 unspecified atom stereocenters. The second kappa shape index (κ2) is 7.50. The van der Waals surface area contributed by atoms with Crippen LogP contribution in [0.2, 0.25) is 0 Å². The highest BCUT2D eigenvalue weighted by Crippen LogP contribution is 1.87. The lowest BCUT2D eigenvalue weighted by molar-refractivity contribution is 0.350. The predicted molar refractivity (Wildman–Crippen MR) is 41.7 cm³/mol. The average Bonchev–Trinajstić information content (AvgIpc) is 1.89. The highest BCUT2D eigenvalue weighted by Gasteiger charge is 1.66. The van der Waals surface area contributed by atoms with Gasteiger partial charge in [0.15, 0.2) is 0 Å². The Labute approximate surface area is 63.5 Å². The van der Waals surface area contributed by atoms with E-state index in [1.165, 1.54) is 0 Å². The predicted octanol–water partition coefficient (Wildman–Crippen LogP) is 2.79. The van der Waals surface area contributed by atoms with Crippen molar-refractivity contribution in [3.8, 4) is 0 Å². The molecule has 0 aromatic rings. The quantitative estimate of drug-likeness (QED) is 0.479. The Balaban J connectivity index is 3.25. The summed E-state index contributed by atoms with van der Waals surface area (Å²) in [6.07, 6.45) is 8.67. The van der Waals surface area contributed by atoms with Gasteiger partial charge in [0, 0.05) is 0 Å². The Morgan fingerprint density at radius 2 is 2.00 bits per heavy atom. The maximum absolute atomic E-state index is 9.72. The molecular weight excluding hydrogens is 180 g/mol. The van der Waals surface area contributed by atoms with E-state index in [0.717, 1.165) is 6.26 Å². The number of hydrogen-bond acceptors (Lipinski definition) is 0. The number of allylic oxidation sites excluding steroid dienone is 4. The van der Waals surface area contributed by atoms with E-state index in [1.54, 1.807) is 11.1 Å². The van der Waals surface area contributed by atoms with E-state index in [1.807, 2.05) is 18.2 Å². The topological polar surface area (TPSA) is 19.9 Å². The van der Waals surface area contributed by atoms with E-state index in [0.29, 0.717) is 6.42 Å². The summed E-state index contributed by atoms with van der Waals surface area (Å²) in [7, 11) is 0. The van der Waals surface area contributed by atoms with Crippen LogP contribution in [0.3, 0.4) is 0 Å². The molecular formula is C7H8BrO. The lowest BCUT2D eigenvalue weighted by Gasteiger charge is -1.73. The Hall–Kier alpha value is -0.500. The van der Waals surface area contributed by atoms with Crippen LogP contribution in [-0.2, 0) is 5.11 Å². The van der Waals surface area contributed by atoms with Gasteiger partial charge < -0.3 is 0 Å². The van der Waals surface area contributed by atoms with Gasteiger partial charge in [-0.2, -0.15) is 0 Å². The molecule has 1 nitrogen and oxygen atoms in total. The summed E-state index contributed by atoms with van der Waals surface area (Å²) < 4.78 is 0. The summed E-state index contributed by atoms with van der Waals surface area (Å²) in [6.45, 7) is 0. The van der Waals surface area contributed by atoms with Crippen LogP contribution in [0, 0.1) is 0 Å². The molecule has 0 atom stereocenters. The van der Waals surface area contributed by atoms with E-state index >= 15 is 0 Å². The smallest absolute Gasteiger partial charge is 0.139 e. The molecule has 0 spiro atoms. The fourth-order valence-corrected chi connectivity index (χ4v) is 0.509. The normalized spacial score (nSPS) is 12.6. The minimum absolute atomic E-state index is 0.709. The van der Waals surface area contributed by atoms with Crippen molar-refractivity contribution in [2.75, 3.05) is 0 Å². The third kappa shape index (κ3) is 7.50. The third-order valence-corrected chi connectivity index (χ3v) is 0.994. The number of rotatable bonds is 3. The zero-order valence-electron chi connectivity index (χ0n) is 4.96. The summed E-state index contributed by atoms with van der Waals surface area (Å²) in [5, 5.41) is 9.72. The van der Waals surface area contributed by atoms with Crippen LogP contribution < -0.4 is 0 Å². The van der Waals surface area contributed by atoms with Crippen molar-refractivity contribution >= 4 is 15.9 Å². The number of halogens is 1. The molecule has 0 aliphatic heterocycles. The van der Waals surface area contributed by atoms with Crippen LogP contribution in [0.1, 0.15) is 6.42 Å². The first-order valence-electron chi connectivity index (χ1n) is 2.60. The van der Waals surface area contributed by atoms with Gasteiger partial charge in [0.05, 0.1) is 0 Å². The van der Waals surface area contributed by atoms with Crippen molar-refractivity contribution in [2.45, 2.75) is 6.42 Å². The van der Waals surface area contributed by atoms with Gasteiger partial charge in [0.2, 0.25) is 0 Å². The highest BCUT2D eigenvalue weighted by atomic mass is 79.9. The molecule has 0 saturated carbocycles. The molecule has 0 aliphatic carbocycles. The maximum Gasteiger partial charge on any atom is 0.139 e. The van der Waals surface area contributed by atoms with E-state index in [-0.39, 0.29) is 0 Å². The lowest BCUT2D eigenvalue weighted by atomic mass is 10.4. The van der Waals surface area contributed by atoms with Gasteiger partial charge in [-0.3, -0.25) is 5.11 Å². The molecule has 2 heteroatoms. The summed E-state index contributed by atoms with van der Waals surface area (Å²) in [5.41, 5.74) is 0. The molecule has 9 heavy (non-hydrogen) atoms. The van der Waals surface area contributed by atoms with E-state index in [9.17, 15) is 5.11 Å². The molecule has 0 aliphatic rings. The molecule has 1 radical (unpaired) electrons. The van der Waals surface area contributed by atoms with Crippen LogP contribution in [0.15, 0.2) is 35.6 Å². The van der Waals surface area contributed by atoms with Gasteiger partial charge in [-0.05, 0) is 17.5 Å². The van der Waals surface area contributed by atoms with Gasteiger partial charge in [-0.25, -0.2) is 0 Å². The molecule has 0 heterocycles. The van der Waals surface area contributed by atoms with Crippen molar-refractivity contribution in [1.82, 2.24) is 0 Å². The molecule has 0 fully saturated rings. The Morgan fingerprint density at radius 1 is 1.22 bits per heavy atom. The van der Waals surface area contributed by atoms with Gasteiger partial charge in [0.1, 0.15) is 6.26 Å². The van der Waals surface area contributed by atoms with Gasteiger partial charge in [-0.1, -0.05) is 34.2 Å². The SMILES string of the molecule is [O]C=CC/C=C\C=C\Br. The van der Waals surface area contributed by atoms with Crippen molar-refractivity contribution in [3.05, 3.63) is 35.6 Å². The van der Waals surface area contributed by atoms with E-state index in [4.69, 9.17) is 0 Å². The summed E-state index contributed by atoms with van der Waals surface area (Å²) in [5.74, 6) is 0. The van der Waals surface area contributed by atoms with Crippen molar-refractivity contribution in [3.63, 3.8) is 0 Å². The second-order valence-corrected chi connectivity index (χ2v) is 1.88. The second-order valence-electron chi connectivity index (χ2n) is 1.35. The van der Waals surface area contributed by atoms with Crippen molar-refractivity contribution in [1.29, 1.82) is 0 Å². The zero-order valence-corrected chi connectivity index (χ0v) is 6.54. The Morgan fingerprint density at radius 3 is 2.56 bits per heavy atom. The largest absolute Gasteiger partial charge is 0.299 e. The first-order chi connectivity index (χ1) is 4.41. The fraction of sp³-hybridized carbons (Fsp3) is 0.143. The molecule has 0 amide bonds. The zero-order chi connectivity index (χ0) is 6.95. The first kappa shape index (κ1) is 8.50. The highest BCUT2D eigenvalue weighted by molar-refractivity contribution is 9.11.